The smallest absolute Gasteiger partial charge is 0.228 e. The van der Waals surface area contributed by atoms with Crippen molar-refractivity contribution in [3.8, 4) is 16.3 Å². The second-order valence-electron chi connectivity index (χ2n) is 5.73. The number of thiophene rings is 1. The quantitative estimate of drug-likeness (QED) is 0.665. The molecule has 25 heavy (non-hydrogen) atoms. The average molecular weight is 355 g/mol. The lowest BCUT2D eigenvalue weighted by molar-refractivity contribution is -0.115. The highest BCUT2D eigenvalue weighted by atomic mass is 32.1. The zero-order valence-corrected chi connectivity index (χ0v) is 15.2. The predicted molar refractivity (Wildman–Crippen MR) is 101 cm³/mol. The van der Waals surface area contributed by atoms with Crippen molar-refractivity contribution >= 4 is 22.9 Å². The number of benzene rings is 1. The molecule has 0 radical (unpaired) electrons. The Morgan fingerprint density at radius 2 is 2.20 bits per heavy atom. The Balaban J connectivity index is 1.81. The van der Waals surface area contributed by atoms with Crippen molar-refractivity contribution < 1.29 is 9.53 Å². The van der Waals surface area contributed by atoms with Crippen LogP contribution in [0.1, 0.15) is 24.6 Å². The predicted octanol–water partition coefficient (Wildman–Crippen LogP) is 4.28. The van der Waals surface area contributed by atoms with Gasteiger partial charge in [-0.15, -0.1) is 11.3 Å². The van der Waals surface area contributed by atoms with Crippen molar-refractivity contribution in [1.29, 1.82) is 0 Å². The van der Waals surface area contributed by atoms with E-state index in [0.717, 1.165) is 46.1 Å². The molecule has 3 aromatic rings. The minimum atomic E-state index is -0.0650. The number of amides is 1. The molecule has 1 amide bonds. The molecule has 6 heteroatoms. The van der Waals surface area contributed by atoms with Crippen LogP contribution in [0.25, 0.3) is 10.6 Å². The monoisotopic (exact) mass is 355 g/mol. The highest BCUT2D eigenvalue weighted by Crippen LogP contribution is 2.32. The van der Waals surface area contributed by atoms with Gasteiger partial charge in [0.15, 0.2) is 0 Å². The molecule has 0 bridgehead atoms. The molecule has 0 atom stereocenters. The standard InChI is InChI=1S/C19H21N3O2S/c1-3-6-15-18(19(22-21-15)16-9-5-10-25-16)20-17(23)12-13-7-4-8-14(11-13)24-2/h4-5,7-11H,3,6,12H2,1-2H3,(H,20,23)(H,21,22). The van der Waals surface area contributed by atoms with Gasteiger partial charge < -0.3 is 10.1 Å². The van der Waals surface area contributed by atoms with Crippen molar-refractivity contribution in [1.82, 2.24) is 10.2 Å². The number of rotatable bonds is 7. The molecule has 0 fully saturated rings. The van der Waals surface area contributed by atoms with E-state index < -0.39 is 0 Å². The van der Waals surface area contributed by atoms with Gasteiger partial charge in [0.05, 0.1) is 29.8 Å². The molecule has 0 spiro atoms. The molecule has 2 N–H and O–H groups in total. The summed E-state index contributed by atoms with van der Waals surface area (Å²) in [6.45, 7) is 2.10. The number of nitrogens with one attached hydrogen (secondary N) is 2. The van der Waals surface area contributed by atoms with Crippen LogP contribution >= 0.6 is 11.3 Å². The van der Waals surface area contributed by atoms with Crippen molar-refractivity contribution in [3.63, 3.8) is 0 Å². The Labute approximate surface area is 151 Å². The third-order valence-corrected chi connectivity index (χ3v) is 4.74. The first-order valence-corrected chi connectivity index (χ1v) is 9.13. The summed E-state index contributed by atoms with van der Waals surface area (Å²) in [5.41, 5.74) is 3.47. The fourth-order valence-corrected chi connectivity index (χ4v) is 3.41. The van der Waals surface area contributed by atoms with Crippen LogP contribution in [-0.2, 0) is 17.6 Å². The minimum absolute atomic E-state index is 0.0650. The number of H-pyrrole nitrogens is 1. The van der Waals surface area contributed by atoms with Crippen LogP contribution in [0.3, 0.4) is 0 Å². The maximum atomic E-state index is 12.6. The van der Waals surface area contributed by atoms with Gasteiger partial charge in [0.25, 0.3) is 0 Å². The minimum Gasteiger partial charge on any atom is -0.497 e. The molecule has 3 rings (SSSR count). The molecule has 0 saturated heterocycles. The second kappa shape index (κ2) is 7.98. The first-order chi connectivity index (χ1) is 12.2. The third kappa shape index (κ3) is 4.09. The zero-order chi connectivity index (χ0) is 17.6. The van der Waals surface area contributed by atoms with E-state index >= 15 is 0 Å². The Kier molecular flexibility index (Phi) is 5.50. The number of carbonyl (C=O) groups excluding carboxylic acids is 1. The van der Waals surface area contributed by atoms with E-state index in [0.29, 0.717) is 0 Å². The summed E-state index contributed by atoms with van der Waals surface area (Å²) in [6, 6.07) is 11.5. The topological polar surface area (TPSA) is 67.0 Å². The molecule has 130 valence electrons. The number of ether oxygens (including phenoxy) is 1. The maximum absolute atomic E-state index is 12.6. The summed E-state index contributed by atoms with van der Waals surface area (Å²) >= 11 is 1.61. The fraction of sp³-hybridized carbons (Fsp3) is 0.263. The summed E-state index contributed by atoms with van der Waals surface area (Å²) in [4.78, 5) is 13.6. The Bertz CT molecular complexity index is 840. The average Bonchev–Trinajstić information content (AvgIpc) is 3.26. The number of nitrogens with zero attached hydrogens (tertiary/aromatic N) is 1. The first-order valence-electron chi connectivity index (χ1n) is 8.25. The van der Waals surface area contributed by atoms with E-state index in [1.807, 2.05) is 41.8 Å². The van der Waals surface area contributed by atoms with E-state index in [1.165, 1.54) is 0 Å². The largest absolute Gasteiger partial charge is 0.497 e. The van der Waals surface area contributed by atoms with Crippen LogP contribution in [0.2, 0.25) is 0 Å². The summed E-state index contributed by atoms with van der Waals surface area (Å²) < 4.78 is 5.22. The van der Waals surface area contributed by atoms with Crippen LogP contribution in [0, 0.1) is 0 Å². The van der Waals surface area contributed by atoms with Crippen molar-refractivity contribution in [2.45, 2.75) is 26.2 Å². The summed E-state index contributed by atoms with van der Waals surface area (Å²) in [7, 11) is 1.62. The van der Waals surface area contributed by atoms with Gasteiger partial charge >= 0.3 is 0 Å². The summed E-state index contributed by atoms with van der Waals surface area (Å²) in [5, 5.41) is 12.5. The lowest BCUT2D eigenvalue weighted by Crippen LogP contribution is -2.15. The van der Waals surface area contributed by atoms with Gasteiger partial charge in [-0.05, 0) is 35.6 Å². The molecule has 1 aromatic carbocycles. The number of carbonyl (C=O) groups is 1. The second-order valence-corrected chi connectivity index (χ2v) is 6.68. The molecule has 0 aliphatic carbocycles. The highest BCUT2D eigenvalue weighted by Gasteiger charge is 2.17. The van der Waals surface area contributed by atoms with Crippen LogP contribution in [0.5, 0.6) is 5.75 Å². The van der Waals surface area contributed by atoms with Crippen LogP contribution in [0.4, 0.5) is 5.69 Å². The van der Waals surface area contributed by atoms with Crippen LogP contribution in [0.15, 0.2) is 41.8 Å². The Hall–Kier alpha value is -2.60. The number of hydrogen-bond donors (Lipinski definition) is 2. The SMILES string of the molecule is CCCc1[nH]nc(-c2cccs2)c1NC(=O)Cc1cccc(OC)c1. The number of anilines is 1. The van der Waals surface area contributed by atoms with Gasteiger partial charge in [-0.3, -0.25) is 9.89 Å². The van der Waals surface area contributed by atoms with E-state index in [2.05, 4.69) is 22.4 Å². The number of aryl methyl sites for hydroxylation is 1. The summed E-state index contributed by atoms with van der Waals surface area (Å²) in [5.74, 6) is 0.685. The molecule has 0 aliphatic heterocycles. The van der Waals surface area contributed by atoms with Gasteiger partial charge in [0.1, 0.15) is 11.4 Å². The summed E-state index contributed by atoms with van der Waals surface area (Å²) in [6.07, 6.45) is 2.11. The van der Waals surface area contributed by atoms with Gasteiger partial charge in [0.2, 0.25) is 5.91 Å². The molecule has 0 aliphatic rings. The third-order valence-electron chi connectivity index (χ3n) is 3.86. The Morgan fingerprint density at radius 1 is 1.32 bits per heavy atom. The number of aromatic amines is 1. The maximum Gasteiger partial charge on any atom is 0.228 e. The lowest BCUT2D eigenvalue weighted by atomic mass is 10.1. The van der Waals surface area contributed by atoms with Crippen molar-refractivity contribution in [3.05, 3.63) is 53.0 Å². The first kappa shape index (κ1) is 17.2. The lowest BCUT2D eigenvalue weighted by Gasteiger charge is -2.08. The zero-order valence-electron chi connectivity index (χ0n) is 14.3. The van der Waals surface area contributed by atoms with Gasteiger partial charge in [-0.1, -0.05) is 31.5 Å². The van der Waals surface area contributed by atoms with Crippen molar-refractivity contribution in [2.75, 3.05) is 12.4 Å². The van der Waals surface area contributed by atoms with E-state index in [1.54, 1.807) is 18.4 Å². The van der Waals surface area contributed by atoms with Crippen LogP contribution < -0.4 is 10.1 Å². The van der Waals surface area contributed by atoms with Gasteiger partial charge in [0, 0.05) is 0 Å². The molecule has 2 aromatic heterocycles. The van der Waals surface area contributed by atoms with Crippen molar-refractivity contribution in [2.24, 2.45) is 0 Å². The number of aromatic nitrogens is 2. The number of methoxy groups -OCH3 is 1. The molecule has 2 heterocycles. The number of hydrogen-bond acceptors (Lipinski definition) is 4. The van der Waals surface area contributed by atoms with E-state index in [9.17, 15) is 4.79 Å². The van der Waals surface area contributed by atoms with E-state index in [-0.39, 0.29) is 12.3 Å². The van der Waals surface area contributed by atoms with Gasteiger partial charge in [-0.25, -0.2) is 0 Å². The normalized spacial score (nSPS) is 10.6. The molecule has 5 nitrogen and oxygen atoms in total. The molecular weight excluding hydrogens is 334 g/mol. The highest BCUT2D eigenvalue weighted by molar-refractivity contribution is 7.13. The molecular formula is C19H21N3O2S. The molecule has 0 saturated carbocycles. The van der Waals surface area contributed by atoms with E-state index in [4.69, 9.17) is 4.74 Å². The Morgan fingerprint density at radius 3 is 2.92 bits per heavy atom. The fourth-order valence-electron chi connectivity index (χ4n) is 2.69. The van der Waals surface area contributed by atoms with Gasteiger partial charge in [-0.2, -0.15) is 5.10 Å². The van der Waals surface area contributed by atoms with Crippen LogP contribution in [-0.4, -0.2) is 23.2 Å². The molecule has 0 unspecified atom stereocenters.